The van der Waals surface area contributed by atoms with E-state index in [0.717, 1.165) is 6.07 Å². The molecule has 1 N–H and O–H groups in total. The van der Waals surface area contributed by atoms with Crippen LogP contribution in [0.4, 0.5) is 13.2 Å². The van der Waals surface area contributed by atoms with Crippen molar-refractivity contribution in [3.63, 3.8) is 0 Å². The van der Waals surface area contributed by atoms with E-state index < -0.39 is 28.8 Å². The number of nitrogens with zero attached hydrogens (tertiary/aromatic N) is 1. The van der Waals surface area contributed by atoms with Gasteiger partial charge in [-0.25, -0.2) is 13.8 Å². The summed E-state index contributed by atoms with van der Waals surface area (Å²) in [4.78, 5) is 15.1. The standard InChI is InChI=1S/C20H19F3N2O4/c1-4-27-19-14(21)8-13(17(22)18(19)23)20-25-15-6-5-12(7-16(15)29-20)28-9-10(2)24-11(3)26/h5-8,10H,4,9H2,1-3H3,(H,24,26)/t10-/m0/s1. The number of carbonyl (C=O) groups is 1. The average Bonchev–Trinajstić information content (AvgIpc) is 3.09. The van der Waals surface area contributed by atoms with Crippen LogP contribution in [0.3, 0.4) is 0 Å². The van der Waals surface area contributed by atoms with Crippen molar-refractivity contribution in [1.29, 1.82) is 0 Å². The zero-order valence-corrected chi connectivity index (χ0v) is 16.0. The molecule has 9 heteroatoms. The van der Waals surface area contributed by atoms with Gasteiger partial charge in [-0.15, -0.1) is 0 Å². The van der Waals surface area contributed by atoms with Crippen LogP contribution in [0, 0.1) is 17.5 Å². The molecule has 0 spiro atoms. The second-order valence-corrected chi connectivity index (χ2v) is 6.36. The minimum absolute atomic E-state index is 0.0150. The number of amides is 1. The van der Waals surface area contributed by atoms with E-state index in [2.05, 4.69) is 10.3 Å². The number of hydrogen-bond donors (Lipinski definition) is 1. The van der Waals surface area contributed by atoms with Gasteiger partial charge in [-0.3, -0.25) is 4.79 Å². The van der Waals surface area contributed by atoms with Crippen LogP contribution in [0.15, 0.2) is 28.7 Å². The molecule has 1 amide bonds. The molecule has 154 valence electrons. The number of halogens is 3. The molecule has 1 atom stereocenters. The van der Waals surface area contributed by atoms with Crippen molar-refractivity contribution < 1.29 is 31.9 Å². The van der Waals surface area contributed by atoms with Crippen molar-refractivity contribution in [3.05, 3.63) is 41.7 Å². The summed E-state index contributed by atoms with van der Waals surface area (Å²) in [7, 11) is 0. The Kier molecular flexibility index (Phi) is 5.95. The summed E-state index contributed by atoms with van der Waals surface area (Å²) in [6.07, 6.45) is 0. The van der Waals surface area contributed by atoms with Crippen LogP contribution in [0.2, 0.25) is 0 Å². The number of carbonyl (C=O) groups excluding carboxylic acids is 1. The van der Waals surface area contributed by atoms with Gasteiger partial charge < -0.3 is 19.2 Å². The van der Waals surface area contributed by atoms with Gasteiger partial charge in [0, 0.05) is 13.0 Å². The lowest BCUT2D eigenvalue weighted by Crippen LogP contribution is -2.35. The van der Waals surface area contributed by atoms with E-state index in [4.69, 9.17) is 13.9 Å². The molecular weight excluding hydrogens is 389 g/mol. The maximum atomic E-state index is 14.4. The molecule has 3 aromatic rings. The first kappa shape index (κ1) is 20.5. The Morgan fingerprint density at radius 2 is 1.97 bits per heavy atom. The third-order valence-corrected chi connectivity index (χ3v) is 3.95. The summed E-state index contributed by atoms with van der Waals surface area (Å²) in [5.74, 6) is -4.62. The topological polar surface area (TPSA) is 73.6 Å². The van der Waals surface area contributed by atoms with E-state index in [-0.39, 0.29) is 36.6 Å². The molecule has 3 rings (SSSR count). The number of oxazole rings is 1. The number of rotatable bonds is 7. The Morgan fingerprint density at radius 1 is 1.21 bits per heavy atom. The minimum Gasteiger partial charge on any atom is -0.491 e. The maximum Gasteiger partial charge on any atom is 0.230 e. The molecule has 1 heterocycles. The predicted octanol–water partition coefficient (Wildman–Crippen LogP) is 4.21. The number of fused-ring (bicyclic) bond motifs is 1. The normalized spacial score (nSPS) is 12.1. The molecule has 0 aliphatic carbocycles. The SMILES string of the molecule is CCOc1c(F)cc(-c2nc3ccc(OC[C@H](C)NC(C)=O)cc3o2)c(F)c1F. The zero-order valence-electron chi connectivity index (χ0n) is 16.0. The Balaban J connectivity index is 1.88. The lowest BCUT2D eigenvalue weighted by atomic mass is 10.2. The fourth-order valence-electron chi connectivity index (χ4n) is 2.73. The smallest absolute Gasteiger partial charge is 0.230 e. The second-order valence-electron chi connectivity index (χ2n) is 6.36. The molecule has 2 aromatic carbocycles. The molecule has 6 nitrogen and oxygen atoms in total. The van der Waals surface area contributed by atoms with Gasteiger partial charge in [0.25, 0.3) is 0 Å². The maximum absolute atomic E-state index is 14.4. The van der Waals surface area contributed by atoms with Crippen molar-refractivity contribution in [1.82, 2.24) is 10.3 Å². The van der Waals surface area contributed by atoms with Gasteiger partial charge in [0.1, 0.15) is 17.9 Å². The first-order valence-corrected chi connectivity index (χ1v) is 8.91. The molecule has 0 aliphatic heterocycles. The predicted molar refractivity (Wildman–Crippen MR) is 99.3 cm³/mol. The highest BCUT2D eigenvalue weighted by molar-refractivity contribution is 5.78. The van der Waals surface area contributed by atoms with Crippen molar-refractivity contribution in [2.75, 3.05) is 13.2 Å². The van der Waals surface area contributed by atoms with Crippen LogP contribution in [-0.2, 0) is 4.79 Å². The quantitative estimate of drug-likeness (QED) is 0.593. The highest BCUT2D eigenvalue weighted by Crippen LogP contribution is 2.34. The van der Waals surface area contributed by atoms with E-state index in [1.807, 2.05) is 0 Å². The largest absolute Gasteiger partial charge is 0.491 e. The monoisotopic (exact) mass is 408 g/mol. The lowest BCUT2D eigenvalue weighted by molar-refractivity contribution is -0.119. The molecule has 0 saturated heterocycles. The first-order chi connectivity index (χ1) is 13.8. The number of benzene rings is 2. The van der Waals surface area contributed by atoms with Crippen molar-refractivity contribution >= 4 is 17.0 Å². The number of ether oxygens (including phenoxy) is 2. The van der Waals surface area contributed by atoms with Gasteiger partial charge in [0.05, 0.1) is 18.2 Å². The molecule has 0 saturated carbocycles. The molecule has 0 aliphatic rings. The van der Waals surface area contributed by atoms with Crippen molar-refractivity contribution in [3.8, 4) is 23.0 Å². The molecule has 0 fully saturated rings. The summed E-state index contributed by atoms with van der Waals surface area (Å²) in [5, 5.41) is 2.68. The van der Waals surface area contributed by atoms with Gasteiger partial charge in [0.2, 0.25) is 17.6 Å². The van der Waals surface area contributed by atoms with Gasteiger partial charge in [-0.2, -0.15) is 4.39 Å². The van der Waals surface area contributed by atoms with Crippen LogP contribution in [-0.4, -0.2) is 30.1 Å². The van der Waals surface area contributed by atoms with Crippen LogP contribution in [0.5, 0.6) is 11.5 Å². The molecule has 29 heavy (non-hydrogen) atoms. The fourth-order valence-corrected chi connectivity index (χ4v) is 2.73. The van der Waals surface area contributed by atoms with Crippen LogP contribution < -0.4 is 14.8 Å². The Labute approximate surface area is 164 Å². The minimum atomic E-state index is -1.44. The number of aromatic nitrogens is 1. The van der Waals surface area contributed by atoms with Crippen LogP contribution >= 0.6 is 0 Å². The summed E-state index contributed by atoms with van der Waals surface area (Å²) in [5.41, 5.74) is 0.150. The van der Waals surface area contributed by atoms with E-state index >= 15 is 0 Å². The first-order valence-electron chi connectivity index (χ1n) is 8.91. The number of nitrogens with one attached hydrogen (secondary N) is 1. The average molecular weight is 408 g/mol. The van der Waals surface area contributed by atoms with E-state index in [9.17, 15) is 18.0 Å². The van der Waals surface area contributed by atoms with Crippen LogP contribution in [0.25, 0.3) is 22.6 Å². The van der Waals surface area contributed by atoms with Crippen molar-refractivity contribution in [2.24, 2.45) is 0 Å². The van der Waals surface area contributed by atoms with Gasteiger partial charge >= 0.3 is 0 Å². The molecular formula is C20H19F3N2O4. The fraction of sp³-hybridized carbons (Fsp3) is 0.300. The van der Waals surface area contributed by atoms with E-state index in [0.29, 0.717) is 11.3 Å². The number of hydrogen-bond acceptors (Lipinski definition) is 5. The summed E-state index contributed by atoms with van der Waals surface area (Å²) >= 11 is 0. The van der Waals surface area contributed by atoms with Gasteiger partial charge in [0.15, 0.2) is 23.0 Å². The lowest BCUT2D eigenvalue weighted by Gasteiger charge is -2.13. The Bertz CT molecular complexity index is 1050. The molecule has 0 bridgehead atoms. The van der Waals surface area contributed by atoms with Crippen molar-refractivity contribution in [2.45, 2.75) is 26.8 Å². The Morgan fingerprint density at radius 3 is 2.66 bits per heavy atom. The Hall–Kier alpha value is -3.23. The second kappa shape index (κ2) is 8.42. The molecule has 0 unspecified atom stereocenters. The third-order valence-electron chi connectivity index (χ3n) is 3.95. The van der Waals surface area contributed by atoms with Crippen LogP contribution in [0.1, 0.15) is 20.8 Å². The third kappa shape index (κ3) is 4.44. The summed E-state index contributed by atoms with van der Waals surface area (Å²) in [6.45, 7) is 4.92. The zero-order chi connectivity index (χ0) is 21.1. The van der Waals surface area contributed by atoms with E-state index in [1.54, 1.807) is 19.1 Å². The van der Waals surface area contributed by atoms with E-state index in [1.165, 1.54) is 19.9 Å². The van der Waals surface area contributed by atoms with Gasteiger partial charge in [-0.05, 0) is 32.0 Å². The highest BCUT2D eigenvalue weighted by atomic mass is 19.2. The highest BCUT2D eigenvalue weighted by Gasteiger charge is 2.24. The summed E-state index contributed by atoms with van der Waals surface area (Å²) in [6, 6.07) is 5.27. The summed E-state index contributed by atoms with van der Waals surface area (Å²) < 4.78 is 58.5. The molecule has 1 aromatic heterocycles. The molecule has 0 radical (unpaired) electrons. The van der Waals surface area contributed by atoms with Gasteiger partial charge in [-0.1, -0.05) is 0 Å².